The average molecular weight is 367 g/mol. The maximum absolute atomic E-state index is 12.7. The summed E-state index contributed by atoms with van der Waals surface area (Å²) in [6.07, 6.45) is 1.74. The van der Waals surface area contributed by atoms with Crippen LogP contribution in [0.2, 0.25) is 0 Å². The van der Waals surface area contributed by atoms with E-state index in [9.17, 15) is 14.4 Å². The van der Waals surface area contributed by atoms with E-state index in [1.165, 1.54) is 0 Å². The molecule has 0 aliphatic carbocycles. The summed E-state index contributed by atoms with van der Waals surface area (Å²) in [6, 6.07) is 6.95. The Morgan fingerprint density at radius 1 is 1.32 bits per heavy atom. The summed E-state index contributed by atoms with van der Waals surface area (Å²) in [5.74, 6) is -0.187. The minimum Gasteiger partial charge on any atom is -0.337 e. The van der Waals surface area contributed by atoms with Crippen LogP contribution in [0.1, 0.15) is 19.8 Å². The molecular weight excluding hydrogens is 344 g/mol. The van der Waals surface area contributed by atoms with Crippen molar-refractivity contribution in [1.82, 2.24) is 19.8 Å². The molecule has 0 spiro atoms. The lowest BCUT2D eigenvalue weighted by molar-refractivity contribution is -0.134. The SMILES string of the molecule is CCCN(C(=O)Cn1c(=O)[nH]c2ccccc2c1=O)C1CCNC1.Cl. The number of rotatable bonds is 5. The number of H-pyrrole nitrogens is 1. The van der Waals surface area contributed by atoms with Gasteiger partial charge in [0.25, 0.3) is 5.56 Å². The van der Waals surface area contributed by atoms with E-state index >= 15 is 0 Å². The molecule has 1 aliphatic rings. The van der Waals surface area contributed by atoms with Crippen LogP contribution >= 0.6 is 12.4 Å². The number of aromatic nitrogens is 2. The number of halogens is 1. The molecule has 1 amide bonds. The fraction of sp³-hybridized carbons (Fsp3) is 0.471. The summed E-state index contributed by atoms with van der Waals surface area (Å²) in [4.78, 5) is 41.9. The topological polar surface area (TPSA) is 87.2 Å². The summed E-state index contributed by atoms with van der Waals surface area (Å²) < 4.78 is 0.996. The van der Waals surface area contributed by atoms with Crippen LogP contribution in [-0.2, 0) is 11.3 Å². The highest BCUT2D eigenvalue weighted by Gasteiger charge is 2.26. The molecule has 2 heterocycles. The van der Waals surface area contributed by atoms with E-state index < -0.39 is 11.2 Å². The van der Waals surface area contributed by atoms with Gasteiger partial charge in [-0.25, -0.2) is 4.79 Å². The quantitative estimate of drug-likeness (QED) is 0.816. The predicted molar refractivity (Wildman–Crippen MR) is 99.4 cm³/mol. The van der Waals surface area contributed by atoms with Crippen molar-refractivity contribution in [3.8, 4) is 0 Å². The van der Waals surface area contributed by atoms with E-state index in [4.69, 9.17) is 0 Å². The molecule has 0 saturated carbocycles. The molecule has 1 aromatic carbocycles. The Balaban J connectivity index is 0.00000225. The monoisotopic (exact) mass is 366 g/mol. The number of hydrogen-bond acceptors (Lipinski definition) is 4. The van der Waals surface area contributed by atoms with E-state index in [1.807, 2.05) is 6.92 Å². The second-order valence-electron chi connectivity index (χ2n) is 6.10. The predicted octanol–water partition coefficient (Wildman–Crippen LogP) is 0.712. The molecule has 8 heteroatoms. The Morgan fingerprint density at radius 3 is 2.76 bits per heavy atom. The number of para-hydroxylation sites is 1. The van der Waals surface area contributed by atoms with Gasteiger partial charge in [0, 0.05) is 19.1 Å². The third-order valence-corrected chi connectivity index (χ3v) is 4.44. The van der Waals surface area contributed by atoms with Crippen LogP contribution in [0.4, 0.5) is 0 Å². The van der Waals surface area contributed by atoms with Gasteiger partial charge < -0.3 is 15.2 Å². The Bertz CT molecular complexity index is 855. The Morgan fingerprint density at radius 2 is 2.08 bits per heavy atom. The van der Waals surface area contributed by atoms with Gasteiger partial charge in [-0.1, -0.05) is 19.1 Å². The van der Waals surface area contributed by atoms with Crippen molar-refractivity contribution in [2.75, 3.05) is 19.6 Å². The minimum atomic E-state index is -0.548. The number of carbonyl (C=O) groups is 1. The summed E-state index contributed by atoms with van der Waals surface area (Å²) in [7, 11) is 0. The van der Waals surface area contributed by atoms with Gasteiger partial charge in [0.05, 0.1) is 10.9 Å². The maximum Gasteiger partial charge on any atom is 0.329 e. The van der Waals surface area contributed by atoms with Gasteiger partial charge in [-0.3, -0.25) is 14.2 Å². The summed E-state index contributed by atoms with van der Waals surface area (Å²) in [6.45, 7) is 4.06. The van der Waals surface area contributed by atoms with E-state index in [-0.39, 0.29) is 30.9 Å². The van der Waals surface area contributed by atoms with Crippen LogP contribution in [0.25, 0.3) is 10.9 Å². The van der Waals surface area contributed by atoms with Crippen LogP contribution in [0.5, 0.6) is 0 Å². The third kappa shape index (κ3) is 3.93. The fourth-order valence-corrected chi connectivity index (χ4v) is 3.23. The molecule has 2 N–H and O–H groups in total. The van der Waals surface area contributed by atoms with Gasteiger partial charge >= 0.3 is 5.69 Å². The number of nitrogens with zero attached hydrogens (tertiary/aromatic N) is 2. The van der Waals surface area contributed by atoms with Crippen LogP contribution in [0.3, 0.4) is 0 Å². The van der Waals surface area contributed by atoms with Crippen molar-refractivity contribution >= 4 is 29.2 Å². The van der Waals surface area contributed by atoms with Crippen molar-refractivity contribution in [3.05, 3.63) is 45.1 Å². The van der Waals surface area contributed by atoms with E-state index in [2.05, 4.69) is 10.3 Å². The smallest absolute Gasteiger partial charge is 0.329 e. The molecule has 1 aliphatic heterocycles. The summed E-state index contributed by atoms with van der Waals surface area (Å²) >= 11 is 0. The van der Waals surface area contributed by atoms with Gasteiger partial charge in [0.15, 0.2) is 0 Å². The molecule has 25 heavy (non-hydrogen) atoms. The first-order valence-electron chi connectivity index (χ1n) is 8.34. The largest absolute Gasteiger partial charge is 0.337 e. The third-order valence-electron chi connectivity index (χ3n) is 4.44. The molecule has 7 nitrogen and oxygen atoms in total. The highest BCUT2D eigenvalue weighted by Crippen LogP contribution is 2.10. The van der Waals surface area contributed by atoms with E-state index in [0.29, 0.717) is 17.4 Å². The Kier molecular flexibility index (Phi) is 6.39. The van der Waals surface area contributed by atoms with Crippen LogP contribution < -0.4 is 16.6 Å². The zero-order valence-corrected chi connectivity index (χ0v) is 15.0. The minimum absolute atomic E-state index is 0. The second-order valence-corrected chi connectivity index (χ2v) is 6.10. The standard InChI is InChI=1S/C17H22N4O3.ClH/c1-2-9-20(12-7-8-18-10-12)15(22)11-21-16(23)13-5-3-4-6-14(13)19-17(21)24;/h3-6,12,18H,2,7-11H2,1H3,(H,19,24);1H. The second kappa shape index (κ2) is 8.31. The lowest BCUT2D eigenvalue weighted by Gasteiger charge is -2.28. The molecule has 0 radical (unpaired) electrons. The molecule has 3 rings (SSSR count). The fourth-order valence-electron chi connectivity index (χ4n) is 3.23. The Labute approximate surface area is 151 Å². The number of fused-ring (bicyclic) bond motifs is 1. The zero-order valence-electron chi connectivity index (χ0n) is 14.2. The van der Waals surface area contributed by atoms with Gasteiger partial charge in [0.2, 0.25) is 5.91 Å². The van der Waals surface area contributed by atoms with Crippen molar-refractivity contribution in [2.45, 2.75) is 32.4 Å². The molecule has 2 aromatic rings. The van der Waals surface area contributed by atoms with E-state index in [0.717, 1.165) is 30.5 Å². The number of carbonyl (C=O) groups excluding carboxylic acids is 1. The van der Waals surface area contributed by atoms with Gasteiger partial charge in [-0.05, 0) is 31.5 Å². The van der Waals surface area contributed by atoms with Gasteiger partial charge in [-0.2, -0.15) is 0 Å². The molecule has 1 fully saturated rings. The molecule has 1 aromatic heterocycles. The van der Waals surface area contributed by atoms with Gasteiger partial charge in [0.1, 0.15) is 6.54 Å². The Hall–Kier alpha value is -2.12. The lowest BCUT2D eigenvalue weighted by Crippen LogP contribution is -2.47. The summed E-state index contributed by atoms with van der Waals surface area (Å²) in [5.41, 5.74) is -0.488. The summed E-state index contributed by atoms with van der Waals surface area (Å²) in [5, 5.41) is 3.66. The number of aromatic amines is 1. The highest BCUT2D eigenvalue weighted by atomic mass is 35.5. The first-order valence-corrected chi connectivity index (χ1v) is 8.34. The van der Waals surface area contributed by atoms with E-state index in [1.54, 1.807) is 29.2 Å². The molecule has 0 bridgehead atoms. The molecular formula is C17H23ClN4O3. The number of benzene rings is 1. The molecule has 1 saturated heterocycles. The van der Waals surface area contributed by atoms with Crippen LogP contribution in [0.15, 0.2) is 33.9 Å². The first kappa shape index (κ1) is 19.2. The normalized spacial score (nSPS) is 16.6. The van der Waals surface area contributed by atoms with Crippen molar-refractivity contribution in [3.63, 3.8) is 0 Å². The number of nitrogens with one attached hydrogen (secondary N) is 2. The number of amides is 1. The average Bonchev–Trinajstić information content (AvgIpc) is 3.10. The molecule has 1 unspecified atom stereocenters. The van der Waals surface area contributed by atoms with Crippen LogP contribution in [0, 0.1) is 0 Å². The van der Waals surface area contributed by atoms with Crippen LogP contribution in [-0.4, -0.2) is 46.0 Å². The van der Waals surface area contributed by atoms with Crippen molar-refractivity contribution < 1.29 is 4.79 Å². The zero-order chi connectivity index (χ0) is 17.1. The lowest BCUT2D eigenvalue weighted by atomic mass is 10.2. The highest BCUT2D eigenvalue weighted by molar-refractivity contribution is 5.85. The van der Waals surface area contributed by atoms with Gasteiger partial charge in [-0.15, -0.1) is 12.4 Å². The molecule has 1 atom stereocenters. The first-order chi connectivity index (χ1) is 11.6. The number of hydrogen-bond donors (Lipinski definition) is 2. The molecule has 136 valence electrons. The maximum atomic E-state index is 12.7. The van der Waals surface area contributed by atoms with Crippen molar-refractivity contribution in [2.24, 2.45) is 0 Å². The van der Waals surface area contributed by atoms with Crippen molar-refractivity contribution in [1.29, 1.82) is 0 Å².